The van der Waals surface area contributed by atoms with E-state index in [1.165, 1.54) is 17.3 Å². The first kappa shape index (κ1) is 13.1. The van der Waals surface area contributed by atoms with Crippen molar-refractivity contribution in [3.05, 3.63) is 28.2 Å². The Morgan fingerprint density at radius 3 is 2.89 bits per heavy atom. The molecule has 0 aliphatic rings. The largest absolute Gasteiger partial charge is 0.477 e. The molecule has 8 nitrogen and oxygen atoms in total. The van der Waals surface area contributed by atoms with Crippen LogP contribution >= 0.6 is 11.3 Å². The number of aromatic nitrogens is 4. The Labute approximate surface area is 112 Å². The van der Waals surface area contributed by atoms with Gasteiger partial charge in [-0.1, -0.05) is 0 Å². The Balaban J connectivity index is 1.90. The van der Waals surface area contributed by atoms with E-state index in [0.717, 1.165) is 11.3 Å². The second-order valence-electron chi connectivity index (χ2n) is 3.70. The summed E-state index contributed by atoms with van der Waals surface area (Å²) in [6, 6.07) is 0. The fraction of sp³-hybridized carbons (Fsp3) is 0.300. The Morgan fingerprint density at radius 1 is 1.53 bits per heavy atom. The summed E-state index contributed by atoms with van der Waals surface area (Å²) in [5.74, 6) is -1.24. The van der Waals surface area contributed by atoms with Crippen LogP contribution in [0.1, 0.15) is 20.4 Å². The van der Waals surface area contributed by atoms with Crippen molar-refractivity contribution in [3.63, 3.8) is 0 Å². The van der Waals surface area contributed by atoms with Gasteiger partial charge in [-0.05, 0) is 6.92 Å². The second-order valence-corrected chi connectivity index (χ2v) is 4.78. The number of amides is 1. The van der Waals surface area contributed by atoms with Crippen molar-refractivity contribution >= 4 is 23.2 Å². The van der Waals surface area contributed by atoms with E-state index in [2.05, 4.69) is 20.4 Å². The molecule has 0 fully saturated rings. The minimum absolute atomic E-state index is 0.0656. The summed E-state index contributed by atoms with van der Waals surface area (Å²) < 4.78 is 1.39. The van der Waals surface area contributed by atoms with E-state index in [9.17, 15) is 9.59 Å². The zero-order valence-electron chi connectivity index (χ0n) is 10.0. The maximum atomic E-state index is 11.6. The van der Waals surface area contributed by atoms with Gasteiger partial charge >= 0.3 is 5.97 Å². The molecule has 2 aromatic rings. The standard InChI is InChI=1S/C10H11N5O3S/c1-6-9(10(17)18)19-8(14-6)2-12-7(16)3-15-5-11-4-13-15/h4-5H,2-3H2,1H3,(H,12,16)(H,17,18). The molecule has 2 rings (SSSR count). The predicted molar refractivity (Wildman–Crippen MR) is 65.7 cm³/mol. The van der Waals surface area contributed by atoms with Crippen LogP contribution in [0.2, 0.25) is 0 Å². The lowest BCUT2D eigenvalue weighted by molar-refractivity contribution is -0.122. The summed E-state index contributed by atoms with van der Waals surface area (Å²) in [5.41, 5.74) is 0.457. The molecule has 0 spiro atoms. The van der Waals surface area contributed by atoms with Gasteiger partial charge in [0.15, 0.2) is 0 Å². The molecule has 0 unspecified atom stereocenters. The summed E-state index contributed by atoms with van der Waals surface area (Å²) in [6.45, 7) is 1.89. The molecule has 1 amide bonds. The SMILES string of the molecule is Cc1nc(CNC(=O)Cn2cncn2)sc1C(=O)O. The Kier molecular flexibility index (Phi) is 3.85. The number of carboxylic acid groups (broad SMARTS) is 1. The number of rotatable bonds is 5. The lowest BCUT2D eigenvalue weighted by atomic mass is 10.4. The highest BCUT2D eigenvalue weighted by Crippen LogP contribution is 2.17. The first-order valence-corrected chi connectivity index (χ1v) is 6.16. The molecule has 0 aliphatic heterocycles. The smallest absolute Gasteiger partial charge is 0.347 e. The minimum Gasteiger partial charge on any atom is -0.477 e. The monoisotopic (exact) mass is 281 g/mol. The van der Waals surface area contributed by atoms with Crippen molar-refractivity contribution in [2.24, 2.45) is 0 Å². The molecule has 2 heterocycles. The number of hydrogen-bond acceptors (Lipinski definition) is 6. The van der Waals surface area contributed by atoms with Gasteiger partial charge < -0.3 is 10.4 Å². The topological polar surface area (TPSA) is 110 Å². The molecule has 0 aliphatic carbocycles. The molecule has 2 N–H and O–H groups in total. The fourth-order valence-electron chi connectivity index (χ4n) is 1.42. The van der Waals surface area contributed by atoms with E-state index in [-0.39, 0.29) is 23.9 Å². The van der Waals surface area contributed by atoms with Gasteiger partial charge in [-0.2, -0.15) is 5.10 Å². The second kappa shape index (κ2) is 5.57. The number of carbonyl (C=O) groups excluding carboxylic acids is 1. The van der Waals surface area contributed by atoms with Gasteiger partial charge in [-0.3, -0.25) is 4.79 Å². The molecule has 0 aromatic carbocycles. The number of carboxylic acids is 1. The maximum Gasteiger partial charge on any atom is 0.347 e. The highest BCUT2D eigenvalue weighted by Gasteiger charge is 2.14. The summed E-state index contributed by atoms with van der Waals surface area (Å²) in [7, 11) is 0. The molecule has 9 heteroatoms. The molecule has 19 heavy (non-hydrogen) atoms. The van der Waals surface area contributed by atoms with Crippen molar-refractivity contribution in [1.29, 1.82) is 0 Å². The average Bonchev–Trinajstić information content (AvgIpc) is 2.96. The van der Waals surface area contributed by atoms with Crippen LogP contribution in [0.15, 0.2) is 12.7 Å². The quantitative estimate of drug-likeness (QED) is 0.801. The Bertz CT molecular complexity index is 592. The molecule has 100 valence electrons. The predicted octanol–water partition coefficient (Wildman–Crippen LogP) is 0.0576. The molecule has 0 saturated heterocycles. The molecular weight excluding hydrogens is 270 g/mol. The van der Waals surface area contributed by atoms with Gasteiger partial charge in [0, 0.05) is 0 Å². The highest BCUT2D eigenvalue weighted by atomic mass is 32.1. The van der Waals surface area contributed by atoms with Gasteiger partial charge in [0.25, 0.3) is 0 Å². The van der Waals surface area contributed by atoms with Crippen molar-refractivity contribution in [3.8, 4) is 0 Å². The Hall–Kier alpha value is -2.29. The van der Waals surface area contributed by atoms with Crippen LogP contribution in [0.25, 0.3) is 0 Å². The lowest BCUT2D eigenvalue weighted by Gasteiger charge is -2.02. The summed E-state index contributed by atoms with van der Waals surface area (Å²) in [4.78, 5) is 30.4. The number of nitrogens with zero attached hydrogens (tertiary/aromatic N) is 4. The van der Waals surface area contributed by atoms with Crippen LogP contribution in [0.3, 0.4) is 0 Å². The maximum absolute atomic E-state index is 11.6. The summed E-state index contributed by atoms with van der Waals surface area (Å²) in [6.07, 6.45) is 2.78. The van der Waals surface area contributed by atoms with E-state index in [0.29, 0.717) is 10.7 Å². The van der Waals surface area contributed by atoms with Gasteiger partial charge in [0.05, 0.1) is 12.2 Å². The normalized spacial score (nSPS) is 10.4. The zero-order valence-corrected chi connectivity index (χ0v) is 10.8. The summed E-state index contributed by atoms with van der Waals surface area (Å²) >= 11 is 1.06. The number of hydrogen-bond donors (Lipinski definition) is 2. The Morgan fingerprint density at radius 2 is 2.32 bits per heavy atom. The van der Waals surface area contributed by atoms with Gasteiger partial charge in [0.2, 0.25) is 5.91 Å². The number of nitrogens with one attached hydrogen (secondary N) is 1. The van der Waals surface area contributed by atoms with E-state index < -0.39 is 5.97 Å². The van der Waals surface area contributed by atoms with Crippen molar-refractivity contribution in [2.45, 2.75) is 20.0 Å². The van der Waals surface area contributed by atoms with Gasteiger partial charge in [0.1, 0.15) is 29.1 Å². The molecule has 2 aromatic heterocycles. The zero-order chi connectivity index (χ0) is 13.8. The molecular formula is C10H11N5O3S. The van der Waals surface area contributed by atoms with Crippen LogP contribution < -0.4 is 5.32 Å². The van der Waals surface area contributed by atoms with Crippen LogP contribution in [-0.4, -0.2) is 36.7 Å². The third-order valence-electron chi connectivity index (χ3n) is 2.24. The molecule has 0 bridgehead atoms. The van der Waals surface area contributed by atoms with Crippen molar-refractivity contribution < 1.29 is 14.7 Å². The van der Waals surface area contributed by atoms with E-state index in [1.807, 2.05) is 0 Å². The van der Waals surface area contributed by atoms with Crippen LogP contribution in [0, 0.1) is 6.92 Å². The van der Waals surface area contributed by atoms with Crippen molar-refractivity contribution in [2.75, 3.05) is 0 Å². The number of thiazole rings is 1. The van der Waals surface area contributed by atoms with Gasteiger partial charge in [-0.15, -0.1) is 11.3 Å². The van der Waals surface area contributed by atoms with E-state index in [1.54, 1.807) is 6.92 Å². The number of aryl methyl sites for hydroxylation is 1. The average molecular weight is 281 g/mol. The fourth-order valence-corrected chi connectivity index (χ4v) is 2.26. The number of carbonyl (C=O) groups is 2. The minimum atomic E-state index is -1.00. The van der Waals surface area contributed by atoms with Crippen molar-refractivity contribution in [1.82, 2.24) is 25.1 Å². The van der Waals surface area contributed by atoms with E-state index in [4.69, 9.17) is 5.11 Å². The highest BCUT2D eigenvalue weighted by molar-refractivity contribution is 7.13. The first-order chi connectivity index (χ1) is 9.06. The number of aromatic carboxylic acids is 1. The lowest BCUT2D eigenvalue weighted by Crippen LogP contribution is -2.27. The summed E-state index contributed by atoms with van der Waals surface area (Å²) in [5, 5.41) is 15.9. The van der Waals surface area contributed by atoms with Crippen LogP contribution in [0.5, 0.6) is 0 Å². The third-order valence-corrected chi connectivity index (χ3v) is 3.39. The van der Waals surface area contributed by atoms with E-state index >= 15 is 0 Å². The first-order valence-electron chi connectivity index (χ1n) is 5.35. The van der Waals surface area contributed by atoms with Crippen LogP contribution in [0.4, 0.5) is 0 Å². The van der Waals surface area contributed by atoms with Crippen LogP contribution in [-0.2, 0) is 17.9 Å². The molecule has 0 saturated carbocycles. The third kappa shape index (κ3) is 3.35. The van der Waals surface area contributed by atoms with Gasteiger partial charge in [-0.25, -0.2) is 19.4 Å². The molecule has 0 radical (unpaired) electrons. The molecule has 0 atom stereocenters.